The van der Waals surface area contributed by atoms with Crippen molar-refractivity contribution in [1.82, 2.24) is 24.9 Å². The maximum Gasteiger partial charge on any atom is 0.161 e. The molecule has 1 N–H and O–H groups in total. The van der Waals surface area contributed by atoms with Crippen LogP contribution in [0.2, 0.25) is 0 Å². The second-order valence-electron chi connectivity index (χ2n) is 8.45. The highest BCUT2D eigenvalue weighted by molar-refractivity contribution is 5.76. The van der Waals surface area contributed by atoms with Crippen molar-refractivity contribution in [2.45, 2.75) is 0 Å². The third-order valence-electron chi connectivity index (χ3n) is 5.99. The second-order valence-corrected chi connectivity index (χ2v) is 8.45. The lowest BCUT2D eigenvalue weighted by Gasteiger charge is -2.11. The van der Waals surface area contributed by atoms with Gasteiger partial charge in [-0.3, -0.25) is 9.97 Å². The summed E-state index contributed by atoms with van der Waals surface area (Å²) in [5.74, 6) is 0.794. The van der Waals surface area contributed by atoms with Gasteiger partial charge in [0, 0.05) is 52.6 Å². The monoisotopic (exact) mass is 479 g/mol. The molecule has 37 heavy (non-hydrogen) atoms. The van der Waals surface area contributed by atoms with E-state index in [0.717, 1.165) is 39.3 Å². The van der Waals surface area contributed by atoms with Crippen LogP contribution in [0.5, 0.6) is 5.75 Å². The first kappa shape index (κ1) is 22.2. The Morgan fingerprint density at radius 3 is 1.81 bits per heavy atom. The summed E-state index contributed by atoms with van der Waals surface area (Å²) < 4.78 is 0. The Bertz CT molecular complexity index is 1630. The van der Waals surface area contributed by atoms with Gasteiger partial charge in [0.15, 0.2) is 5.82 Å². The Kier molecular flexibility index (Phi) is 5.89. The van der Waals surface area contributed by atoms with Crippen LogP contribution in [-0.2, 0) is 0 Å². The molecule has 176 valence electrons. The van der Waals surface area contributed by atoms with Crippen molar-refractivity contribution < 1.29 is 5.11 Å². The Balaban J connectivity index is 1.45. The van der Waals surface area contributed by atoms with Crippen molar-refractivity contribution in [2.75, 3.05) is 0 Å². The third kappa shape index (κ3) is 4.68. The van der Waals surface area contributed by atoms with Crippen LogP contribution in [0.1, 0.15) is 0 Å². The Morgan fingerprint density at radius 2 is 1.08 bits per heavy atom. The largest absolute Gasteiger partial charge is 0.507 e. The topological polar surface area (TPSA) is 84.7 Å². The number of pyridine rings is 3. The number of aromatic nitrogens is 5. The molecule has 6 nitrogen and oxygen atoms in total. The summed E-state index contributed by atoms with van der Waals surface area (Å²) in [7, 11) is 0. The standard InChI is InChI=1S/C31H21N5O/c37-30-14-2-1-11-25(30)27-13-4-12-26(34-27)21-7-3-8-22(17-21)28-18-29(23-9-5-15-32-19-23)36-31(35-28)24-10-6-16-33-20-24/h1-20,37H. The van der Waals surface area contributed by atoms with E-state index in [-0.39, 0.29) is 5.75 Å². The second kappa shape index (κ2) is 9.79. The molecule has 0 amide bonds. The van der Waals surface area contributed by atoms with Gasteiger partial charge in [-0.2, -0.15) is 0 Å². The number of rotatable bonds is 5. The van der Waals surface area contributed by atoms with Crippen molar-refractivity contribution in [2.24, 2.45) is 0 Å². The fraction of sp³-hybridized carbons (Fsp3) is 0. The first-order valence-corrected chi connectivity index (χ1v) is 11.8. The van der Waals surface area contributed by atoms with E-state index in [9.17, 15) is 5.11 Å². The first-order chi connectivity index (χ1) is 18.2. The van der Waals surface area contributed by atoms with Gasteiger partial charge in [-0.05, 0) is 60.7 Å². The lowest BCUT2D eigenvalue weighted by atomic mass is 10.0. The molecule has 0 aliphatic carbocycles. The van der Waals surface area contributed by atoms with Crippen LogP contribution in [0, 0.1) is 0 Å². The van der Waals surface area contributed by atoms with Gasteiger partial charge in [0.1, 0.15) is 5.75 Å². The highest BCUT2D eigenvalue weighted by Gasteiger charge is 2.12. The van der Waals surface area contributed by atoms with Crippen molar-refractivity contribution in [3.8, 4) is 62.2 Å². The predicted octanol–water partition coefficient (Wildman–Crippen LogP) is 6.70. The summed E-state index contributed by atoms with van der Waals surface area (Å²) in [6.45, 7) is 0. The number of para-hydroxylation sites is 1. The Labute approximate surface area is 214 Å². The summed E-state index contributed by atoms with van der Waals surface area (Å²) in [5, 5.41) is 10.3. The van der Waals surface area contributed by atoms with Gasteiger partial charge >= 0.3 is 0 Å². The molecule has 0 aliphatic rings. The number of hydrogen-bond donors (Lipinski definition) is 1. The zero-order valence-corrected chi connectivity index (χ0v) is 19.7. The van der Waals surface area contributed by atoms with Crippen molar-refractivity contribution in [3.05, 3.63) is 122 Å². The minimum atomic E-state index is 0.202. The van der Waals surface area contributed by atoms with Gasteiger partial charge in [0.05, 0.1) is 22.8 Å². The van der Waals surface area contributed by atoms with Gasteiger partial charge in [0.2, 0.25) is 0 Å². The Morgan fingerprint density at radius 1 is 0.459 bits per heavy atom. The van der Waals surface area contributed by atoms with Gasteiger partial charge in [-0.1, -0.05) is 36.4 Å². The average Bonchev–Trinajstić information content (AvgIpc) is 2.98. The number of phenols is 1. The van der Waals surface area contributed by atoms with E-state index in [1.165, 1.54) is 0 Å². The number of benzene rings is 2. The minimum absolute atomic E-state index is 0.202. The highest BCUT2D eigenvalue weighted by atomic mass is 16.3. The van der Waals surface area contributed by atoms with Gasteiger partial charge < -0.3 is 5.11 Å². The number of aromatic hydroxyl groups is 1. The quantitative estimate of drug-likeness (QED) is 0.296. The van der Waals surface area contributed by atoms with Crippen molar-refractivity contribution in [3.63, 3.8) is 0 Å². The third-order valence-corrected chi connectivity index (χ3v) is 5.99. The van der Waals surface area contributed by atoms with E-state index in [0.29, 0.717) is 17.1 Å². The highest BCUT2D eigenvalue weighted by Crippen LogP contribution is 2.32. The van der Waals surface area contributed by atoms with Crippen LogP contribution >= 0.6 is 0 Å². The molecule has 0 spiro atoms. The lowest BCUT2D eigenvalue weighted by molar-refractivity contribution is 0.477. The molecule has 4 aromatic heterocycles. The van der Waals surface area contributed by atoms with E-state index in [2.05, 4.69) is 16.0 Å². The lowest BCUT2D eigenvalue weighted by Crippen LogP contribution is -1.96. The fourth-order valence-electron chi connectivity index (χ4n) is 4.15. The van der Waals surface area contributed by atoms with Crippen LogP contribution in [-0.4, -0.2) is 30.0 Å². The molecule has 4 heterocycles. The summed E-state index contributed by atoms with van der Waals surface area (Å²) >= 11 is 0. The average molecular weight is 480 g/mol. The predicted molar refractivity (Wildman–Crippen MR) is 144 cm³/mol. The van der Waals surface area contributed by atoms with Crippen LogP contribution in [0.4, 0.5) is 0 Å². The summed E-state index contributed by atoms with van der Waals surface area (Å²) in [5.41, 5.74) is 7.39. The molecule has 0 bridgehead atoms. The minimum Gasteiger partial charge on any atom is -0.507 e. The molecule has 0 saturated heterocycles. The van der Waals surface area contributed by atoms with Crippen LogP contribution in [0.25, 0.3) is 56.4 Å². The SMILES string of the molecule is Oc1ccccc1-c1cccc(-c2cccc(-c3cc(-c4cccnc4)nc(-c4cccnc4)n3)c2)n1. The molecular weight excluding hydrogens is 458 g/mol. The first-order valence-electron chi connectivity index (χ1n) is 11.8. The normalized spacial score (nSPS) is 10.8. The molecule has 6 heteroatoms. The van der Waals surface area contributed by atoms with Crippen molar-refractivity contribution in [1.29, 1.82) is 0 Å². The molecule has 6 aromatic rings. The molecule has 0 radical (unpaired) electrons. The summed E-state index contributed by atoms with van der Waals surface area (Å²) in [6, 6.07) is 30.8. The molecule has 0 aliphatic heterocycles. The molecule has 0 unspecified atom stereocenters. The fourth-order valence-corrected chi connectivity index (χ4v) is 4.15. The van der Waals surface area contributed by atoms with E-state index in [1.807, 2.05) is 78.9 Å². The molecule has 0 fully saturated rings. The maximum atomic E-state index is 10.3. The van der Waals surface area contributed by atoms with Gasteiger partial charge in [0.25, 0.3) is 0 Å². The zero-order chi connectivity index (χ0) is 25.0. The van der Waals surface area contributed by atoms with Gasteiger partial charge in [-0.25, -0.2) is 15.0 Å². The smallest absolute Gasteiger partial charge is 0.161 e. The van der Waals surface area contributed by atoms with Crippen LogP contribution in [0.3, 0.4) is 0 Å². The molecule has 0 atom stereocenters. The maximum absolute atomic E-state index is 10.3. The van der Waals surface area contributed by atoms with Crippen LogP contribution < -0.4 is 0 Å². The number of nitrogens with zero attached hydrogens (tertiary/aromatic N) is 5. The zero-order valence-electron chi connectivity index (χ0n) is 19.7. The van der Waals surface area contributed by atoms with E-state index in [4.69, 9.17) is 15.0 Å². The number of hydrogen-bond acceptors (Lipinski definition) is 6. The van der Waals surface area contributed by atoms with Gasteiger partial charge in [-0.15, -0.1) is 0 Å². The van der Waals surface area contributed by atoms with E-state index < -0.39 is 0 Å². The summed E-state index contributed by atoms with van der Waals surface area (Å²) in [6.07, 6.45) is 7.03. The van der Waals surface area contributed by atoms with E-state index in [1.54, 1.807) is 36.9 Å². The molecule has 0 saturated carbocycles. The Hall–Kier alpha value is -5.23. The molecule has 6 rings (SSSR count). The molecular formula is C31H21N5O. The van der Waals surface area contributed by atoms with Crippen molar-refractivity contribution >= 4 is 0 Å². The van der Waals surface area contributed by atoms with Crippen LogP contribution in [0.15, 0.2) is 122 Å². The summed E-state index contributed by atoms with van der Waals surface area (Å²) in [4.78, 5) is 23.0. The molecule has 2 aromatic carbocycles. The number of phenolic OH excluding ortho intramolecular Hbond substituents is 1. The van der Waals surface area contributed by atoms with E-state index >= 15 is 0 Å².